The molecule has 0 aromatic carbocycles. The Morgan fingerprint density at radius 2 is 2.00 bits per heavy atom. The molecule has 3 nitrogen and oxygen atoms in total. The number of nitrogens with one attached hydrogen (secondary N) is 1. The molecular formula is C18H38N2O. The summed E-state index contributed by atoms with van der Waals surface area (Å²) in [7, 11) is 0. The molecule has 0 radical (unpaired) electrons. The minimum Gasteiger partial charge on any atom is -0.394 e. The standard InChI is InChI=1S/C18H38N2O/c1-5-8-17-9-7-12-20(13-10-17)16(3)14-18(4,15-21)19-11-6-2/h16-17,19,21H,5-15H2,1-4H3. The van der Waals surface area contributed by atoms with Crippen molar-refractivity contribution in [1.82, 2.24) is 10.2 Å². The molecule has 2 N–H and O–H groups in total. The van der Waals surface area contributed by atoms with Crippen molar-refractivity contribution in [3.8, 4) is 0 Å². The molecule has 3 atom stereocenters. The van der Waals surface area contributed by atoms with Crippen LogP contribution in [0.25, 0.3) is 0 Å². The van der Waals surface area contributed by atoms with Crippen LogP contribution in [0.3, 0.4) is 0 Å². The van der Waals surface area contributed by atoms with Crippen LogP contribution in [-0.2, 0) is 0 Å². The van der Waals surface area contributed by atoms with Crippen LogP contribution >= 0.6 is 0 Å². The summed E-state index contributed by atoms with van der Waals surface area (Å²) >= 11 is 0. The van der Waals surface area contributed by atoms with Gasteiger partial charge in [-0.25, -0.2) is 0 Å². The van der Waals surface area contributed by atoms with Gasteiger partial charge in [0.25, 0.3) is 0 Å². The molecule has 0 bridgehead atoms. The summed E-state index contributed by atoms with van der Waals surface area (Å²) in [5.74, 6) is 0.939. The normalized spacial score (nSPS) is 25.3. The number of hydrogen-bond acceptors (Lipinski definition) is 3. The molecule has 1 aliphatic rings. The zero-order valence-corrected chi connectivity index (χ0v) is 14.8. The monoisotopic (exact) mass is 298 g/mol. The summed E-state index contributed by atoms with van der Waals surface area (Å²) in [5.41, 5.74) is -0.134. The minimum absolute atomic E-state index is 0.134. The maximum absolute atomic E-state index is 9.75. The molecule has 0 amide bonds. The van der Waals surface area contributed by atoms with Crippen LogP contribution in [0, 0.1) is 5.92 Å². The first kappa shape index (κ1) is 18.9. The highest BCUT2D eigenvalue weighted by atomic mass is 16.3. The Kier molecular flexibility index (Phi) is 8.84. The van der Waals surface area contributed by atoms with Crippen molar-refractivity contribution in [2.24, 2.45) is 5.92 Å². The van der Waals surface area contributed by atoms with E-state index in [9.17, 15) is 5.11 Å². The summed E-state index contributed by atoms with van der Waals surface area (Å²) in [6, 6.07) is 0.548. The predicted molar refractivity (Wildman–Crippen MR) is 91.7 cm³/mol. The quantitative estimate of drug-likeness (QED) is 0.684. The molecule has 0 aromatic rings. The first-order valence-corrected chi connectivity index (χ1v) is 9.14. The van der Waals surface area contributed by atoms with E-state index in [1.54, 1.807) is 0 Å². The predicted octanol–water partition coefficient (Wildman–Crippen LogP) is 3.42. The lowest BCUT2D eigenvalue weighted by Gasteiger charge is -2.36. The second-order valence-corrected chi connectivity index (χ2v) is 7.32. The summed E-state index contributed by atoms with van der Waals surface area (Å²) < 4.78 is 0. The lowest BCUT2D eigenvalue weighted by Crippen LogP contribution is -2.51. The highest BCUT2D eigenvalue weighted by molar-refractivity contribution is 4.88. The zero-order valence-electron chi connectivity index (χ0n) is 14.8. The SMILES string of the molecule is CCCNC(C)(CO)CC(C)N1CCCC(CCC)CC1. The van der Waals surface area contributed by atoms with Gasteiger partial charge < -0.3 is 15.3 Å². The fourth-order valence-electron chi connectivity index (χ4n) is 3.73. The van der Waals surface area contributed by atoms with Crippen LogP contribution in [-0.4, -0.2) is 47.8 Å². The van der Waals surface area contributed by atoms with E-state index in [1.807, 2.05) is 0 Å². The third kappa shape index (κ3) is 6.66. The van der Waals surface area contributed by atoms with Crippen LogP contribution in [0.5, 0.6) is 0 Å². The third-order valence-electron chi connectivity index (χ3n) is 5.10. The maximum atomic E-state index is 9.75. The largest absolute Gasteiger partial charge is 0.394 e. The fourth-order valence-corrected chi connectivity index (χ4v) is 3.73. The molecule has 1 rings (SSSR count). The Hall–Kier alpha value is -0.120. The van der Waals surface area contributed by atoms with Crippen LogP contribution in [0.15, 0.2) is 0 Å². The fraction of sp³-hybridized carbons (Fsp3) is 1.00. The van der Waals surface area contributed by atoms with Gasteiger partial charge >= 0.3 is 0 Å². The molecule has 126 valence electrons. The van der Waals surface area contributed by atoms with Gasteiger partial charge in [0.1, 0.15) is 0 Å². The number of likely N-dealkylation sites (tertiary alicyclic amines) is 1. The highest BCUT2D eigenvalue weighted by Gasteiger charge is 2.28. The Labute approximate surface area is 132 Å². The van der Waals surface area contributed by atoms with Gasteiger partial charge in [0.15, 0.2) is 0 Å². The molecule has 3 heteroatoms. The van der Waals surface area contributed by atoms with Gasteiger partial charge in [-0.15, -0.1) is 0 Å². The van der Waals surface area contributed by atoms with Crippen LogP contribution in [0.1, 0.15) is 72.6 Å². The molecule has 0 saturated carbocycles. The molecular weight excluding hydrogens is 260 g/mol. The van der Waals surface area contributed by atoms with E-state index >= 15 is 0 Å². The third-order valence-corrected chi connectivity index (χ3v) is 5.10. The first-order chi connectivity index (χ1) is 10.0. The molecule has 1 saturated heterocycles. The van der Waals surface area contributed by atoms with Crippen molar-refractivity contribution in [3.05, 3.63) is 0 Å². The van der Waals surface area contributed by atoms with Crippen LogP contribution < -0.4 is 5.32 Å². The molecule has 0 spiro atoms. The summed E-state index contributed by atoms with van der Waals surface area (Å²) in [4.78, 5) is 2.65. The van der Waals surface area contributed by atoms with Gasteiger partial charge in [0, 0.05) is 11.6 Å². The van der Waals surface area contributed by atoms with Crippen molar-refractivity contribution in [1.29, 1.82) is 0 Å². The molecule has 1 fully saturated rings. The van der Waals surface area contributed by atoms with Crippen molar-refractivity contribution in [2.45, 2.75) is 84.2 Å². The van der Waals surface area contributed by atoms with Gasteiger partial charge in [-0.3, -0.25) is 0 Å². The Balaban J connectivity index is 2.47. The number of hydrogen-bond donors (Lipinski definition) is 2. The molecule has 0 aromatic heterocycles. The van der Waals surface area contributed by atoms with Gasteiger partial charge in [-0.05, 0) is 71.5 Å². The lowest BCUT2D eigenvalue weighted by atomic mass is 9.93. The van der Waals surface area contributed by atoms with Crippen molar-refractivity contribution in [2.75, 3.05) is 26.2 Å². The first-order valence-electron chi connectivity index (χ1n) is 9.14. The van der Waals surface area contributed by atoms with E-state index in [4.69, 9.17) is 0 Å². The Bertz CT molecular complexity index is 272. The topological polar surface area (TPSA) is 35.5 Å². The molecule has 0 aliphatic carbocycles. The second kappa shape index (κ2) is 9.81. The summed E-state index contributed by atoms with van der Waals surface area (Å²) in [5, 5.41) is 13.3. The number of aliphatic hydroxyl groups is 1. The molecule has 1 heterocycles. The number of aliphatic hydroxyl groups excluding tert-OH is 1. The Morgan fingerprint density at radius 3 is 2.62 bits per heavy atom. The van der Waals surface area contributed by atoms with E-state index in [0.29, 0.717) is 6.04 Å². The van der Waals surface area contributed by atoms with Gasteiger partial charge in [-0.1, -0.05) is 26.7 Å². The molecule has 1 aliphatic heterocycles. The van der Waals surface area contributed by atoms with Gasteiger partial charge in [0.05, 0.1) is 6.61 Å². The van der Waals surface area contributed by atoms with Crippen LogP contribution in [0.4, 0.5) is 0 Å². The van der Waals surface area contributed by atoms with E-state index in [0.717, 1.165) is 25.3 Å². The van der Waals surface area contributed by atoms with Gasteiger partial charge in [0.2, 0.25) is 0 Å². The smallest absolute Gasteiger partial charge is 0.0611 e. The van der Waals surface area contributed by atoms with Crippen molar-refractivity contribution >= 4 is 0 Å². The number of rotatable bonds is 9. The van der Waals surface area contributed by atoms with Gasteiger partial charge in [-0.2, -0.15) is 0 Å². The summed E-state index contributed by atoms with van der Waals surface area (Å²) in [6.07, 6.45) is 8.97. The minimum atomic E-state index is -0.134. The number of nitrogens with zero attached hydrogens (tertiary/aromatic N) is 1. The zero-order chi connectivity index (χ0) is 15.7. The van der Waals surface area contributed by atoms with Crippen molar-refractivity contribution < 1.29 is 5.11 Å². The molecule has 3 unspecified atom stereocenters. The average Bonchev–Trinajstić information content (AvgIpc) is 2.71. The average molecular weight is 299 g/mol. The second-order valence-electron chi connectivity index (χ2n) is 7.32. The van der Waals surface area contributed by atoms with Crippen LogP contribution in [0.2, 0.25) is 0 Å². The van der Waals surface area contributed by atoms with E-state index in [-0.39, 0.29) is 12.1 Å². The summed E-state index contributed by atoms with van der Waals surface area (Å²) in [6.45, 7) is 12.7. The van der Waals surface area contributed by atoms with E-state index in [1.165, 1.54) is 45.2 Å². The van der Waals surface area contributed by atoms with E-state index < -0.39 is 0 Å². The molecule has 21 heavy (non-hydrogen) atoms. The Morgan fingerprint density at radius 1 is 1.24 bits per heavy atom. The maximum Gasteiger partial charge on any atom is 0.0611 e. The van der Waals surface area contributed by atoms with Crippen molar-refractivity contribution in [3.63, 3.8) is 0 Å². The lowest BCUT2D eigenvalue weighted by molar-refractivity contribution is 0.115. The highest BCUT2D eigenvalue weighted by Crippen LogP contribution is 2.25. The van der Waals surface area contributed by atoms with E-state index in [2.05, 4.69) is 37.9 Å².